The van der Waals surface area contributed by atoms with E-state index in [1.807, 2.05) is 42.5 Å². The molecule has 0 spiro atoms. The number of aliphatic hydroxyl groups excluding tert-OH is 1. The lowest BCUT2D eigenvalue weighted by molar-refractivity contribution is 0.280. The zero-order valence-electron chi connectivity index (χ0n) is 14.8. The van der Waals surface area contributed by atoms with E-state index in [-0.39, 0.29) is 6.61 Å². The highest BCUT2D eigenvalue weighted by Gasteiger charge is 2.10. The van der Waals surface area contributed by atoms with Crippen molar-refractivity contribution >= 4 is 0 Å². The summed E-state index contributed by atoms with van der Waals surface area (Å²) in [5.41, 5.74) is 2.21. The third-order valence-corrected chi connectivity index (χ3v) is 3.82. The SMILES string of the molecule is COc1cccc(CNCCCNCCO)c1OCc1ccccc1. The van der Waals surface area contributed by atoms with Crippen LogP contribution in [0.4, 0.5) is 0 Å². The summed E-state index contributed by atoms with van der Waals surface area (Å²) in [7, 11) is 1.66. The smallest absolute Gasteiger partial charge is 0.166 e. The van der Waals surface area contributed by atoms with E-state index in [4.69, 9.17) is 14.6 Å². The molecule has 0 saturated carbocycles. The molecule has 3 N–H and O–H groups in total. The first-order valence-corrected chi connectivity index (χ1v) is 8.70. The fraction of sp³-hybridized carbons (Fsp3) is 0.400. The number of hydrogen-bond acceptors (Lipinski definition) is 5. The fourth-order valence-electron chi connectivity index (χ4n) is 2.52. The molecule has 0 atom stereocenters. The molecule has 0 amide bonds. The summed E-state index contributed by atoms with van der Waals surface area (Å²) in [4.78, 5) is 0. The van der Waals surface area contributed by atoms with Crippen molar-refractivity contribution in [2.24, 2.45) is 0 Å². The predicted octanol–water partition coefficient (Wildman–Crippen LogP) is 2.34. The molecule has 5 heteroatoms. The van der Waals surface area contributed by atoms with Crippen LogP contribution < -0.4 is 20.1 Å². The highest BCUT2D eigenvalue weighted by Crippen LogP contribution is 2.31. The molecular formula is C20H28N2O3. The van der Waals surface area contributed by atoms with Gasteiger partial charge in [0, 0.05) is 18.7 Å². The Bertz CT molecular complexity index is 605. The first-order valence-electron chi connectivity index (χ1n) is 8.70. The summed E-state index contributed by atoms with van der Waals surface area (Å²) >= 11 is 0. The van der Waals surface area contributed by atoms with Gasteiger partial charge in [-0.2, -0.15) is 0 Å². The van der Waals surface area contributed by atoms with Crippen LogP contribution in [0.2, 0.25) is 0 Å². The number of ether oxygens (including phenoxy) is 2. The van der Waals surface area contributed by atoms with Crippen LogP contribution in [0, 0.1) is 0 Å². The number of hydrogen-bond donors (Lipinski definition) is 3. The maximum atomic E-state index is 8.73. The molecule has 2 rings (SSSR count). The van der Waals surface area contributed by atoms with Gasteiger partial charge in [-0.25, -0.2) is 0 Å². The van der Waals surface area contributed by atoms with Gasteiger partial charge >= 0.3 is 0 Å². The molecule has 0 aromatic heterocycles. The molecule has 25 heavy (non-hydrogen) atoms. The van der Waals surface area contributed by atoms with Gasteiger partial charge in [-0.1, -0.05) is 42.5 Å². The van der Waals surface area contributed by atoms with Crippen molar-refractivity contribution < 1.29 is 14.6 Å². The first-order chi connectivity index (χ1) is 12.3. The summed E-state index contributed by atoms with van der Waals surface area (Å²) in [6.07, 6.45) is 1.00. The van der Waals surface area contributed by atoms with E-state index in [1.54, 1.807) is 7.11 Å². The van der Waals surface area contributed by atoms with Crippen molar-refractivity contribution in [3.8, 4) is 11.5 Å². The number of nitrogens with one attached hydrogen (secondary N) is 2. The Morgan fingerprint density at radius 1 is 0.920 bits per heavy atom. The second kappa shape index (κ2) is 11.5. The molecule has 0 fully saturated rings. The van der Waals surface area contributed by atoms with Gasteiger partial charge in [0.15, 0.2) is 11.5 Å². The Kier molecular flexibility index (Phi) is 8.83. The third-order valence-electron chi connectivity index (χ3n) is 3.82. The summed E-state index contributed by atoms with van der Waals surface area (Å²) in [6, 6.07) is 16.1. The minimum absolute atomic E-state index is 0.180. The van der Waals surface area contributed by atoms with Crippen LogP contribution in [0.1, 0.15) is 17.5 Å². The Balaban J connectivity index is 1.88. The highest BCUT2D eigenvalue weighted by molar-refractivity contribution is 5.46. The number of benzene rings is 2. The normalized spacial score (nSPS) is 10.6. The van der Waals surface area contributed by atoms with E-state index in [2.05, 4.69) is 16.7 Å². The Morgan fingerprint density at radius 3 is 2.48 bits per heavy atom. The average Bonchev–Trinajstić information content (AvgIpc) is 2.66. The van der Waals surface area contributed by atoms with Crippen molar-refractivity contribution in [3.05, 3.63) is 59.7 Å². The zero-order valence-corrected chi connectivity index (χ0v) is 14.8. The number of rotatable bonds is 12. The van der Waals surface area contributed by atoms with E-state index in [0.717, 1.165) is 48.7 Å². The predicted molar refractivity (Wildman–Crippen MR) is 100 cm³/mol. The van der Waals surface area contributed by atoms with Gasteiger partial charge in [0.05, 0.1) is 13.7 Å². The average molecular weight is 344 g/mol. The molecule has 0 heterocycles. The summed E-state index contributed by atoms with van der Waals surface area (Å²) in [6.45, 7) is 3.85. The lowest BCUT2D eigenvalue weighted by Crippen LogP contribution is -2.24. The molecule has 0 unspecified atom stereocenters. The van der Waals surface area contributed by atoms with Crippen molar-refractivity contribution in [2.75, 3.05) is 33.4 Å². The topological polar surface area (TPSA) is 62.8 Å². The van der Waals surface area contributed by atoms with Gasteiger partial charge in [-0.3, -0.25) is 0 Å². The van der Waals surface area contributed by atoms with Crippen molar-refractivity contribution in [2.45, 2.75) is 19.6 Å². The van der Waals surface area contributed by atoms with Crippen LogP contribution in [-0.2, 0) is 13.2 Å². The Labute approximate surface area is 150 Å². The van der Waals surface area contributed by atoms with Gasteiger partial charge in [0.2, 0.25) is 0 Å². The van der Waals surface area contributed by atoms with Gasteiger partial charge in [0.1, 0.15) is 6.61 Å². The lowest BCUT2D eigenvalue weighted by atomic mass is 10.1. The monoisotopic (exact) mass is 344 g/mol. The quantitative estimate of drug-likeness (QED) is 0.516. The number of aliphatic hydroxyl groups is 1. The fourth-order valence-corrected chi connectivity index (χ4v) is 2.52. The number of para-hydroxylation sites is 1. The molecule has 0 bridgehead atoms. The molecule has 2 aromatic carbocycles. The van der Waals surface area contributed by atoms with E-state index in [1.165, 1.54) is 0 Å². The molecule has 0 saturated heterocycles. The van der Waals surface area contributed by atoms with Crippen LogP contribution >= 0.6 is 0 Å². The third kappa shape index (κ3) is 6.74. The van der Waals surface area contributed by atoms with Gasteiger partial charge in [-0.05, 0) is 31.1 Å². The second-order valence-corrected chi connectivity index (χ2v) is 5.73. The molecule has 136 valence electrons. The van der Waals surface area contributed by atoms with Gasteiger partial charge < -0.3 is 25.2 Å². The lowest BCUT2D eigenvalue weighted by Gasteiger charge is -2.16. The van der Waals surface area contributed by atoms with Crippen molar-refractivity contribution in [1.82, 2.24) is 10.6 Å². The van der Waals surface area contributed by atoms with E-state index in [0.29, 0.717) is 13.2 Å². The van der Waals surface area contributed by atoms with Crippen LogP contribution in [-0.4, -0.2) is 38.5 Å². The second-order valence-electron chi connectivity index (χ2n) is 5.73. The molecule has 0 aliphatic rings. The van der Waals surface area contributed by atoms with Crippen LogP contribution in [0.5, 0.6) is 11.5 Å². The summed E-state index contributed by atoms with van der Waals surface area (Å²) in [5, 5.41) is 15.3. The van der Waals surface area contributed by atoms with Crippen LogP contribution in [0.15, 0.2) is 48.5 Å². The molecule has 0 aliphatic carbocycles. The summed E-state index contributed by atoms with van der Waals surface area (Å²) in [5.74, 6) is 1.54. The molecular weight excluding hydrogens is 316 g/mol. The minimum atomic E-state index is 0.180. The van der Waals surface area contributed by atoms with Crippen LogP contribution in [0.25, 0.3) is 0 Å². The van der Waals surface area contributed by atoms with Gasteiger partial charge in [0.25, 0.3) is 0 Å². The zero-order chi connectivity index (χ0) is 17.7. The van der Waals surface area contributed by atoms with E-state index < -0.39 is 0 Å². The Hall–Kier alpha value is -2.08. The van der Waals surface area contributed by atoms with E-state index in [9.17, 15) is 0 Å². The molecule has 2 aromatic rings. The summed E-state index contributed by atoms with van der Waals surface area (Å²) < 4.78 is 11.5. The molecule has 0 aliphatic heterocycles. The first kappa shape index (κ1) is 19.2. The van der Waals surface area contributed by atoms with Crippen molar-refractivity contribution in [1.29, 1.82) is 0 Å². The number of methoxy groups -OCH3 is 1. The molecule has 5 nitrogen and oxygen atoms in total. The maximum absolute atomic E-state index is 8.73. The largest absolute Gasteiger partial charge is 0.493 e. The minimum Gasteiger partial charge on any atom is -0.493 e. The van der Waals surface area contributed by atoms with E-state index >= 15 is 0 Å². The Morgan fingerprint density at radius 2 is 1.72 bits per heavy atom. The highest BCUT2D eigenvalue weighted by atomic mass is 16.5. The molecule has 0 radical (unpaired) electrons. The standard InChI is InChI=1S/C20H28N2O3/c1-24-19-10-5-9-18(15-22-12-6-11-21-13-14-23)20(19)25-16-17-7-3-2-4-8-17/h2-5,7-10,21-23H,6,11-16H2,1H3. The maximum Gasteiger partial charge on any atom is 0.166 e. The van der Waals surface area contributed by atoms with Crippen LogP contribution in [0.3, 0.4) is 0 Å². The van der Waals surface area contributed by atoms with Gasteiger partial charge in [-0.15, -0.1) is 0 Å². The van der Waals surface area contributed by atoms with Crippen molar-refractivity contribution in [3.63, 3.8) is 0 Å².